The third kappa shape index (κ3) is 5.72. The number of hydrogen-bond acceptors (Lipinski definition) is 4. The van der Waals surface area contributed by atoms with Gasteiger partial charge >= 0.3 is 0 Å². The number of hydrogen-bond donors (Lipinski definition) is 2. The molecule has 0 aliphatic heterocycles. The summed E-state index contributed by atoms with van der Waals surface area (Å²) in [6.45, 7) is 2.78. The molecular formula is C18H18FN3O3. The lowest BCUT2D eigenvalue weighted by Crippen LogP contribution is -2.25. The van der Waals surface area contributed by atoms with Crippen molar-refractivity contribution in [2.45, 2.75) is 13.8 Å². The van der Waals surface area contributed by atoms with Gasteiger partial charge in [-0.05, 0) is 36.8 Å². The van der Waals surface area contributed by atoms with Crippen molar-refractivity contribution in [3.63, 3.8) is 0 Å². The number of ether oxygens (including phenoxy) is 1. The first kappa shape index (κ1) is 18.1. The zero-order chi connectivity index (χ0) is 18.2. The van der Waals surface area contributed by atoms with Gasteiger partial charge in [0.15, 0.2) is 18.2 Å². The van der Waals surface area contributed by atoms with E-state index in [1.54, 1.807) is 37.3 Å². The number of amides is 2. The standard InChI is InChI=1S/C18H18FN3O3/c1-12(14-6-5-7-15(10-14)20-13(2)23)21-22-18(24)11-25-17-9-4-3-8-16(17)19/h3-10H,11H2,1-2H3,(H,20,23)(H,22,24)/b21-12+. The summed E-state index contributed by atoms with van der Waals surface area (Å²) in [5, 5.41) is 6.65. The number of anilines is 1. The van der Waals surface area contributed by atoms with Crippen LogP contribution in [-0.4, -0.2) is 24.1 Å². The van der Waals surface area contributed by atoms with Crippen molar-refractivity contribution < 1.29 is 18.7 Å². The number of carbonyl (C=O) groups excluding carboxylic acids is 2. The molecule has 0 saturated carbocycles. The van der Waals surface area contributed by atoms with Crippen molar-refractivity contribution in [3.05, 3.63) is 59.9 Å². The molecule has 7 heteroatoms. The fraction of sp³-hybridized carbons (Fsp3) is 0.167. The van der Waals surface area contributed by atoms with Crippen LogP contribution in [-0.2, 0) is 9.59 Å². The molecule has 2 aromatic rings. The lowest BCUT2D eigenvalue weighted by atomic mass is 10.1. The second-order valence-corrected chi connectivity index (χ2v) is 5.21. The Morgan fingerprint density at radius 3 is 2.60 bits per heavy atom. The first-order chi connectivity index (χ1) is 12.0. The Morgan fingerprint density at radius 2 is 1.88 bits per heavy atom. The molecule has 0 aliphatic rings. The molecule has 0 aliphatic carbocycles. The van der Waals surface area contributed by atoms with E-state index in [9.17, 15) is 14.0 Å². The van der Waals surface area contributed by atoms with Gasteiger partial charge < -0.3 is 10.1 Å². The van der Waals surface area contributed by atoms with Gasteiger partial charge in [0.1, 0.15) is 0 Å². The molecule has 0 heterocycles. The van der Waals surface area contributed by atoms with E-state index in [-0.39, 0.29) is 18.3 Å². The topological polar surface area (TPSA) is 79.8 Å². The van der Waals surface area contributed by atoms with Crippen LogP contribution in [0.3, 0.4) is 0 Å². The average Bonchev–Trinajstić information content (AvgIpc) is 2.58. The van der Waals surface area contributed by atoms with Gasteiger partial charge in [0.25, 0.3) is 5.91 Å². The van der Waals surface area contributed by atoms with Crippen LogP contribution in [0, 0.1) is 5.82 Å². The molecule has 2 aromatic carbocycles. The number of nitrogens with one attached hydrogen (secondary N) is 2. The predicted molar refractivity (Wildman–Crippen MR) is 93.0 cm³/mol. The molecule has 6 nitrogen and oxygen atoms in total. The predicted octanol–water partition coefficient (Wildman–Crippen LogP) is 2.70. The summed E-state index contributed by atoms with van der Waals surface area (Å²) >= 11 is 0. The van der Waals surface area contributed by atoms with Crippen LogP contribution in [0.4, 0.5) is 10.1 Å². The van der Waals surface area contributed by atoms with Crippen LogP contribution < -0.4 is 15.5 Å². The van der Waals surface area contributed by atoms with Crippen molar-refractivity contribution in [3.8, 4) is 5.75 Å². The lowest BCUT2D eigenvalue weighted by molar-refractivity contribution is -0.123. The maximum absolute atomic E-state index is 13.4. The van der Waals surface area contributed by atoms with E-state index in [0.717, 1.165) is 5.56 Å². The maximum atomic E-state index is 13.4. The van der Waals surface area contributed by atoms with E-state index < -0.39 is 11.7 Å². The Labute approximate surface area is 144 Å². The number of carbonyl (C=O) groups is 2. The van der Waals surface area contributed by atoms with E-state index in [1.807, 2.05) is 0 Å². The Balaban J connectivity index is 1.93. The van der Waals surface area contributed by atoms with Crippen molar-refractivity contribution in [1.82, 2.24) is 5.43 Å². The Bertz CT molecular complexity index is 806. The number of rotatable bonds is 6. The second kappa shape index (κ2) is 8.58. The molecule has 130 valence electrons. The van der Waals surface area contributed by atoms with Crippen LogP contribution >= 0.6 is 0 Å². The monoisotopic (exact) mass is 343 g/mol. The van der Waals surface area contributed by atoms with E-state index in [0.29, 0.717) is 11.4 Å². The highest BCUT2D eigenvalue weighted by Gasteiger charge is 2.06. The first-order valence-corrected chi connectivity index (χ1v) is 7.54. The summed E-state index contributed by atoms with van der Waals surface area (Å²) in [5.41, 5.74) is 4.26. The molecule has 0 atom stereocenters. The van der Waals surface area contributed by atoms with E-state index in [1.165, 1.54) is 25.1 Å². The Kier molecular flexibility index (Phi) is 6.22. The number of halogens is 1. The van der Waals surface area contributed by atoms with Crippen LogP contribution in [0.1, 0.15) is 19.4 Å². The zero-order valence-corrected chi connectivity index (χ0v) is 13.9. The summed E-state index contributed by atoms with van der Waals surface area (Å²) in [4.78, 5) is 22.8. The van der Waals surface area contributed by atoms with Crippen molar-refractivity contribution in [2.24, 2.45) is 5.10 Å². The molecule has 0 bridgehead atoms. The first-order valence-electron chi connectivity index (χ1n) is 7.54. The van der Waals surface area contributed by atoms with Gasteiger partial charge in [-0.25, -0.2) is 9.82 Å². The smallest absolute Gasteiger partial charge is 0.277 e. The molecule has 2 N–H and O–H groups in total. The number of para-hydroxylation sites is 1. The van der Waals surface area contributed by atoms with Crippen molar-refractivity contribution >= 4 is 23.2 Å². The van der Waals surface area contributed by atoms with Gasteiger partial charge in [0, 0.05) is 12.6 Å². The molecule has 0 spiro atoms. The second-order valence-electron chi connectivity index (χ2n) is 5.21. The molecule has 0 saturated heterocycles. The van der Waals surface area contributed by atoms with Gasteiger partial charge in [-0.3, -0.25) is 9.59 Å². The normalized spacial score (nSPS) is 10.9. The van der Waals surface area contributed by atoms with Gasteiger partial charge in [0.05, 0.1) is 5.71 Å². The quantitative estimate of drug-likeness (QED) is 0.625. The minimum atomic E-state index is -0.537. The van der Waals surface area contributed by atoms with Crippen LogP contribution in [0.15, 0.2) is 53.6 Å². The van der Waals surface area contributed by atoms with E-state index in [2.05, 4.69) is 15.8 Å². The summed E-state index contributed by atoms with van der Waals surface area (Å²) in [5.74, 6) is -1.22. The fourth-order valence-corrected chi connectivity index (χ4v) is 1.97. The highest BCUT2D eigenvalue weighted by molar-refractivity contribution is 6.00. The van der Waals surface area contributed by atoms with Crippen molar-refractivity contribution in [1.29, 1.82) is 0 Å². The van der Waals surface area contributed by atoms with Gasteiger partial charge in [0.2, 0.25) is 5.91 Å². The largest absolute Gasteiger partial charge is 0.481 e. The van der Waals surface area contributed by atoms with Crippen LogP contribution in [0.2, 0.25) is 0 Å². The molecule has 0 fully saturated rings. The van der Waals surface area contributed by atoms with Crippen LogP contribution in [0.5, 0.6) is 5.75 Å². The highest BCUT2D eigenvalue weighted by atomic mass is 19.1. The molecule has 0 unspecified atom stereocenters. The summed E-state index contributed by atoms with van der Waals surface area (Å²) < 4.78 is 18.5. The Morgan fingerprint density at radius 1 is 1.12 bits per heavy atom. The molecule has 2 rings (SSSR count). The molecule has 25 heavy (non-hydrogen) atoms. The number of nitrogens with zero attached hydrogens (tertiary/aromatic N) is 1. The van der Waals surface area contributed by atoms with Gasteiger partial charge in [-0.1, -0.05) is 24.3 Å². The zero-order valence-electron chi connectivity index (χ0n) is 13.9. The van der Waals surface area contributed by atoms with Crippen molar-refractivity contribution in [2.75, 3.05) is 11.9 Å². The number of benzene rings is 2. The Hall–Kier alpha value is -3.22. The molecular weight excluding hydrogens is 325 g/mol. The minimum absolute atomic E-state index is 0.00126. The lowest BCUT2D eigenvalue weighted by Gasteiger charge is -2.07. The van der Waals surface area contributed by atoms with Crippen LogP contribution in [0.25, 0.3) is 0 Å². The molecule has 0 radical (unpaired) electrons. The fourth-order valence-electron chi connectivity index (χ4n) is 1.97. The molecule has 2 amide bonds. The van der Waals surface area contributed by atoms with Gasteiger partial charge in [-0.15, -0.1) is 0 Å². The summed E-state index contributed by atoms with van der Waals surface area (Å²) in [6, 6.07) is 12.9. The SMILES string of the molecule is CC(=O)Nc1cccc(/C(C)=N/NC(=O)COc2ccccc2F)c1. The third-order valence-corrected chi connectivity index (χ3v) is 3.14. The average molecular weight is 343 g/mol. The minimum Gasteiger partial charge on any atom is -0.481 e. The highest BCUT2D eigenvalue weighted by Crippen LogP contribution is 2.15. The maximum Gasteiger partial charge on any atom is 0.277 e. The van der Waals surface area contributed by atoms with Gasteiger partial charge in [-0.2, -0.15) is 5.10 Å². The number of hydrazone groups is 1. The van der Waals surface area contributed by atoms with E-state index >= 15 is 0 Å². The summed E-state index contributed by atoms with van der Waals surface area (Å²) in [7, 11) is 0. The third-order valence-electron chi connectivity index (χ3n) is 3.14. The summed E-state index contributed by atoms with van der Waals surface area (Å²) in [6.07, 6.45) is 0. The molecule has 0 aromatic heterocycles. The van der Waals surface area contributed by atoms with E-state index in [4.69, 9.17) is 4.74 Å².